The number of carbonyl (C=O) groups excluding carboxylic acids is 4. The number of ketones is 2. The van der Waals surface area contributed by atoms with E-state index in [1.807, 2.05) is 26.8 Å². The lowest BCUT2D eigenvalue weighted by Gasteiger charge is -2.58. The quantitative estimate of drug-likeness (QED) is 0.385. The Kier molecular flexibility index (Phi) is 7.29. The molecule has 0 heterocycles. The average molecular weight is 487 g/mol. The minimum atomic E-state index is -0.990. The Bertz CT molecular complexity index is 968. The maximum atomic E-state index is 12.8. The monoisotopic (exact) mass is 486 g/mol. The Morgan fingerprint density at radius 2 is 1.69 bits per heavy atom. The molecule has 4 rings (SSSR count). The van der Waals surface area contributed by atoms with Gasteiger partial charge in [-0.2, -0.15) is 0 Å². The second-order valence-electron chi connectivity index (χ2n) is 12.4. The second kappa shape index (κ2) is 9.33. The van der Waals surface area contributed by atoms with Crippen LogP contribution in [-0.4, -0.2) is 35.2 Å². The summed E-state index contributed by atoms with van der Waals surface area (Å²) in [5, 5.41) is 0. The fourth-order valence-corrected chi connectivity index (χ4v) is 7.62. The maximum Gasteiger partial charge on any atom is 0.303 e. The van der Waals surface area contributed by atoms with E-state index >= 15 is 0 Å². The predicted molar refractivity (Wildman–Crippen MR) is 133 cm³/mol. The first-order chi connectivity index (χ1) is 16.1. The van der Waals surface area contributed by atoms with Crippen molar-refractivity contribution >= 4 is 24.0 Å². The lowest BCUT2D eigenvalue weighted by molar-refractivity contribution is -0.185. The van der Waals surface area contributed by atoms with E-state index < -0.39 is 5.60 Å². The minimum absolute atomic E-state index is 0.0160. The van der Waals surface area contributed by atoms with E-state index in [2.05, 4.69) is 31.6 Å². The molecule has 35 heavy (non-hydrogen) atoms. The summed E-state index contributed by atoms with van der Waals surface area (Å²) in [7, 11) is 0. The first-order valence-corrected chi connectivity index (χ1v) is 12.9. The fourth-order valence-electron chi connectivity index (χ4n) is 7.62. The molecule has 194 valence electrons. The first kappa shape index (κ1) is 27.3. The van der Waals surface area contributed by atoms with E-state index in [0.29, 0.717) is 37.1 Å². The van der Waals surface area contributed by atoms with Crippen LogP contribution >= 0.6 is 0 Å². The van der Waals surface area contributed by atoms with Crippen LogP contribution in [0.25, 0.3) is 0 Å². The van der Waals surface area contributed by atoms with Gasteiger partial charge in [-0.15, -0.1) is 0 Å². The van der Waals surface area contributed by atoms with Gasteiger partial charge in [-0.3, -0.25) is 19.2 Å². The molecular formula is C29H42O6. The van der Waals surface area contributed by atoms with Gasteiger partial charge in [0, 0.05) is 18.8 Å². The van der Waals surface area contributed by atoms with Crippen molar-refractivity contribution in [1.29, 1.82) is 0 Å². The summed E-state index contributed by atoms with van der Waals surface area (Å²) in [6, 6.07) is 0. The zero-order valence-electron chi connectivity index (χ0n) is 22.7. The SMILES string of the molecule is CC(=O)O[C@]1(C(C)=O)CC[C@H]2[C@@H]3C=C(C)C4=CC(=O)CC[C@]4(C)[C@H]3CC[C@@]21C.CC(C)(C)OC=O. The third-order valence-electron chi connectivity index (χ3n) is 9.24. The highest BCUT2D eigenvalue weighted by Crippen LogP contribution is 2.67. The number of allylic oxidation sites excluding steroid dienone is 4. The van der Waals surface area contributed by atoms with E-state index in [0.717, 1.165) is 25.7 Å². The lowest BCUT2D eigenvalue weighted by Crippen LogP contribution is -2.58. The summed E-state index contributed by atoms with van der Waals surface area (Å²) in [5.74, 6) is 1.03. The summed E-state index contributed by atoms with van der Waals surface area (Å²) in [6.45, 7) is 15.6. The maximum absolute atomic E-state index is 12.8. The zero-order valence-corrected chi connectivity index (χ0v) is 22.7. The molecule has 0 radical (unpaired) electrons. The van der Waals surface area contributed by atoms with Crippen LogP contribution in [0.15, 0.2) is 23.3 Å². The number of Topliss-reactive ketones (excluding diaryl/α,β-unsaturated/α-hetero) is 1. The molecule has 0 amide bonds. The molecule has 6 atom stereocenters. The normalized spacial score (nSPS) is 37.8. The number of hydrogen-bond acceptors (Lipinski definition) is 6. The molecule has 0 aromatic rings. The van der Waals surface area contributed by atoms with Crippen LogP contribution < -0.4 is 0 Å². The number of carbonyl (C=O) groups is 4. The highest BCUT2D eigenvalue weighted by Gasteiger charge is 2.67. The number of ether oxygens (including phenoxy) is 2. The third-order valence-corrected chi connectivity index (χ3v) is 9.24. The predicted octanol–water partition coefficient (Wildman–Crippen LogP) is 5.53. The molecule has 0 aromatic heterocycles. The van der Waals surface area contributed by atoms with Crippen molar-refractivity contribution in [3.63, 3.8) is 0 Å². The van der Waals surface area contributed by atoms with Crippen molar-refractivity contribution in [2.45, 2.75) is 105 Å². The van der Waals surface area contributed by atoms with Gasteiger partial charge in [0.2, 0.25) is 0 Å². The Hall–Kier alpha value is -2.24. The van der Waals surface area contributed by atoms with Crippen molar-refractivity contribution in [1.82, 2.24) is 0 Å². The molecular weight excluding hydrogens is 444 g/mol. The number of esters is 1. The van der Waals surface area contributed by atoms with Gasteiger partial charge in [-0.05, 0) is 102 Å². The van der Waals surface area contributed by atoms with Gasteiger partial charge in [0.25, 0.3) is 6.47 Å². The van der Waals surface area contributed by atoms with E-state index in [1.165, 1.54) is 18.1 Å². The molecule has 0 aliphatic heterocycles. The van der Waals surface area contributed by atoms with Crippen molar-refractivity contribution in [2.75, 3.05) is 0 Å². The summed E-state index contributed by atoms with van der Waals surface area (Å²) in [4.78, 5) is 46.4. The molecule has 2 fully saturated rings. The number of fused-ring (bicyclic) bond motifs is 5. The van der Waals surface area contributed by atoms with Crippen LogP contribution in [-0.2, 0) is 28.7 Å². The smallest absolute Gasteiger partial charge is 0.303 e. The molecule has 0 bridgehead atoms. The second-order valence-corrected chi connectivity index (χ2v) is 12.4. The molecule has 0 saturated heterocycles. The van der Waals surface area contributed by atoms with Gasteiger partial charge in [-0.1, -0.05) is 25.5 Å². The van der Waals surface area contributed by atoms with Crippen LogP contribution in [0, 0.1) is 28.6 Å². The van der Waals surface area contributed by atoms with Crippen LogP contribution in [0.3, 0.4) is 0 Å². The number of rotatable bonds is 3. The van der Waals surface area contributed by atoms with Gasteiger partial charge in [0.05, 0.1) is 0 Å². The van der Waals surface area contributed by atoms with Crippen LogP contribution in [0.2, 0.25) is 0 Å². The molecule has 4 aliphatic rings. The van der Waals surface area contributed by atoms with Gasteiger partial charge in [-0.25, -0.2) is 0 Å². The Morgan fingerprint density at radius 1 is 1.06 bits per heavy atom. The van der Waals surface area contributed by atoms with Crippen LogP contribution in [0.4, 0.5) is 0 Å². The molecule has 2 saturated carbocycles. The molecule has 0 spiro atoms. The number of hydrogen-bond donors (Lipinski definition) is 0. The van der Waals surface area contributed by atoms with Crippen molar-refractivity contribution < 1.29 is 28.7 Å². The zero-order chi connectivity index (χ0) is 26.4. The molecule has 0 aromatic carbocycles. The summed E-state index contributed by atoms with van der Waals surface area (Å²) in [5.41, 5.74) is 0.835. The van der Waals surface area contributed by atoms with E-state index in [-0.39, 0.29) is 34.0 Å². The van der Waals surface area contributed by atoms with Crippen LogP contribution in [0.1, 0.15) is 93.9 Å². The van der Waals surface area contributed by atoms with Crippen molar-refractivity contribution in [3.8, 4) is 0 Å². The fraction of sp³-hybridized carbons (Fsp3) is 0.724. The largest absolute Gasteiger partial charge is 0.462 e. The standard InChI is InChI=1S/C24H32O4.C5H10O2/c1-14-12-18-19(22(4)9-6-17(27)13-21(14)22)7-10-23(5)20(18)8-11-24(23,15(2)25)28-16(3)26;1-5(2,3)7-4-6/h12-13,18-20H,6-11H2,1-5H3;4H,1-3H3/t18-,19+,20+,22-,23+,24+;/m1./s1. The van der Waals surface area contributed by atoms with Crippen molar-refractivity contribution in [3.05, 3.63) is 23.3 Å². The van der Waals surface area contributed by atoms with E-state index in [9.17, 15) is 19.2 Å². The lowest BCUT2D eigenvalue weighted by atomic mass is 9.47. The summed E-state index contributed by atoms with van der Waals surface area (Å²) >= 11 is 0. The highest BCUT2D eigenvalue weighted by molar-refractivity contribution is 5.92. The minimum Gasteiger partial charge on any atom is -0.462 e. The Morgan fingerprint density at radius 3 is 2.20 bits per heavy atom. The summed E-state index contributed by atoms with van der Waals surface area (Å²) < 4.78 is 10.4. The molecule has 4 aliphatic carbocycles. The van der Waals surface area contributed by atoms with Crippen LogP contribution in [0.5, 0.6) is 0 Å². The Labute approximate surface area is 209 Å². The molecule has 0 unspecified atom stereocenters. The molecule has 6 nitrogen and oxygen atoms in total. The first-order valence-electron chi connectivity index (χ1n) is 12.9. The van der Waals surface area contributed by atoms with Gasteiger partial charge in [0.1, 0.15) is 5.60 Å². The third kappa shape index (κ3) is 4.65. The topological polar surface area (TPSA) is 86.7 Å². The highest BCUT2D eigenvalue weighted by atomic mass is 16.6. The van der Waals surface area contributed by atoms with Gasteiger partial charge < -0.3 is 9.47 Å². The molecule has 0 N–H and O–H groups in total. The van der Waals surface area contributed by atoms with Crippen molar-refractivity contribution in [2.24, 2.45) is 28.6 Å². The van der Waals surface area contributed by atoms with Gasteiger partial charge >= 0.3 is 5.97 Å². The van der Waals surface area contributed by atoms with E-state index in [4.69, 9.17) is 4.74 Å². The van der Waals surface area contributed by atoms with Gasteiger partial charge in [0.15, 0.2) is 17.2 Å². The van der Waals surface area contributed by atoms with E-state index in [1.54, 1.807) is 6.92 Å². The average Bonchev–Trinajstić information content (AvgIpc) is 3.02. The molecule has 6 heteroatoms. The Balaban J connectivity index is 0.000000429. The summed E-state index contributed by atoms with van der Waals surface area (Å²) in [6.07, 6.45) is 9.20.